The lowest BCUT2D eigenvalue weighted by Gasteiger charge is -2.20. The summed E-state index contributed by atoms with van der Waals surface area (Å²) in [4.78, 5) is 10.3. The van der Waals surface area contributed by atoms with E-state index in [0.717, 1.165) is 22.2 Å². The van der Waals surface area contributed by atoms with Crippen LogP contribution < -0.4 is 16.4 Å². The largest absolute Gasteiger partial charge is 0.383 e. The van der Waals surface area contributed by atoms with Gasteiger partial charge in [-0.05, 0) is 35.9 Å². The predicted octanol–water partition coefficient (Wildman–Crippen LogP) is 4.16. The minimum Gasteiger partial charge on any atom is -0.383 e. The number of anilines is 3. The number of benzene rings is 2. The van der Waals surface area contributed by atoms with Gasteiger partial charge in [0.05, 0.1) is 15.6 Å². The van der Waals surface area contributed by atoms with Crippen LogP contribution in [0.15, 0.2) is 36.4 Å². The Morgan fingerprint density at radius 3 is 2.46 bits per heavy atom. The third-order valence-electron chi connectivity index (χ3n) is 3.57. The number of aromatic nitrogens is 2. The summed E-state index contributed by atoms with van der Waals surface area (Å²) >= 11 is 12.0. The molecule has 0 bridgehead atoms. The molecule has 24 heavy (non-hydrogen) atoms. The van der Waals surface area contributed by atoms with E-state index in [-0.39, 0.29) is 18.4 Å². The van der Waals surface area contributed by atoms with Gasteiger partial charge in [-0.2, -0.15) is 4.98 Å². The van der Waals surface area contributed by atoms with Crippen LogP contribution in [0, 0.1) is 0 Å². The van der Waals surface area contributed by atoms with Crippen LogP contribution in [-0.2, 0) is 6.54 Å². The Bertz CT molecular complexity index is 885. The van der Waals surface area contributed by atoms with Gasteiger partial charge in [-0.3, -0.25) is 0 Å². The number of hydrogen-bond acceptors (Lipinski definition) is 5. The molecule has 0 aliphatic heterocycles. The molecule has 1 heterocycles. The quantitative estimate of drug-likeness (QED) is 0.708. The van der Waals surface area contributed by atoms with Crippen LogP contribution >= 0.6 is 35.6 Å². The number of rotatable bonds is 3. The number of nitrogen functional groups attached to an aromatic ring is 2. The molecular formula is C16H16Cl3N5. The molecule has 3 rings (SSSR count). The molecule has 0 saturated heterocycles. The minimum absolute atomic E-state index is 0. The van der Waals surface area contributed by atoms with E-state index in [9.17, 15) is 0 Å². The van der Waals surface area contributed by atoms with Gasteiger partial charge in [0, 0.05) is 24.7 Å². The fraction of sp³-hybridized carbons (Fsp3) is 0.125. The van der Waals surface area contributed by atoms with Crippen molar-refractivity contribution in [1.29, 1.82) is 0 Å². The van der Waals surface area contributed by atoms with Crippen LogP contribution in [-0.4, -0.2) is 17.0 Å². The molecule has 0 unspecified atom stereocenters. The van der Waals surface area contributed by atoms with Crippen molar-refractivity contribution in [3.05, 3.63) is 52.0 Å². The van der Waals surface area contributed by atoms with Gasteiger partial charge in [0.15, 0.2) is 0 Å². The zero-order valence-corrected chi connectivity index (χ0v) is 15.2. The van der Waals surface area contributed by atoms with E-state index < -0.39 is 0 Å². The molecule has 0 fully saturated rings. The second-order valence-corrected chi connectivity index (χ2v) is 6.09. The summed E-state index contributed by atoms with van der Waals surface area (Å²) in [5.41, 5.74) is 14.3. The van der Waals surface area contributed by atoms with Crippen molar-refractivity contribution < 1.29 is 0 Å². The van der Waals surface area contributed by atoms with Crippen molar-refractivity contribution >= 4 is 64.0 Å². The zero-order valence-electron chi connectivity index (χ0n) is 12.8. The average molecular weight is 385 g/mol. The maximum atomic E-state index is 6.06. The van der Waals surface area contributed by atoms with Gasteiger partial charge in [0.25, 0.3) is 0 Å². The Morgan fingerprint density at radius 1 is 1.00 bits per heavy atom. The van der Waals surface area contributed by atoms with Gasteiger partial charge in [0.1, 0.15) is 5.82 Å². The van der Waals surface area contributed by atoms with E-state index in [4.69, 9.17) is 34.7 Å². The highest BCUT2D eigenvalue weighted by atomic mass is 35.5. The maximum absolute atomic E-state index is 6.06. The number of nitrogens with zero attached hydrogens (tertiary/aromatic N) is 3. The van der Waals surface area contributed by atoms with Gasteiger partial charge >= 0.3 is 0 Å². The standard InChI is InChI=1S/C16H15Cl2N5.ClH/c1-23(8-9-2-4-12(17)13(18)6-9)10-3-5-14-11(7-10)15(19)22-16(20)21-14;/h2-7H,8H2,1H3,(H4,19,20,21,22);1H. The Hall–Kier alpha value is -1.95. The van der Waals surface area contributed by atoms with E-state index >= 15 is 0 Å². The molecule has 4 N–H and O–H groups in total. The molecule has 1 aromatic heterocycles. The number of hydrogen-bond donors (Lipinski definition) is 2. The Labute approximate surface area is 156 Å². The molecule has 0 aliphatic rings. The molecule has 5 nitrogen and oxygen atoms in total. The van der Waals surface area contributed by atoms with Gasteiger partial charge in [-0.25, -0.2) is 4.98 Å². The highest BCUT2D eigenvalue weighted by Crippen LogP contribution is 2.27. The molecule has 0 radical (unpaired) electrons. The summed E-state index contributed by atoms with van der Waals surface area (Å²) in [6.07, 6.45) is 0. The Morgan fingerprint density at radius 2 is 1.75 bits per heavy atom. The first-order valence-electron chi connectivity index (χ1n) is 6.92. The third-order valence-corrected chi connectivity index (χ3v) is 4.31. The van der Waals surface area contributed by atoms with Crippen molar-refractivity contribution in [3.63, 3.8) is 0 Å². The number of halogens is 3. The van der Waals surface area contributed by atoms with Gasteiger partial charge < -0.3 is 16.4 Å². The van der Waals surface area contributed by atoms with Crippen molar-refractivity contribution in [2.45, 2.75) is 6.54 Å². The van der Waals surface area contributed by atoms with Crippen LogP contribution in [0.3, 0.4) is 0 Å². The molecular weight excluding hydrogens is 369 g/mol. The Kier molecular flexibility index (Phi) is 5.59. The summed E-state index contributed by atoms with van der Waals surface area (Å²) < 4.78 is 0. The zero-order chi connectivity index (χ0) is 16.6. The predicted molar refractivity (Wildman–Crippen MR) is 104 cm³/mol. The summed E-state index contributed by atoms with van der Waals surface area (Å²) in [5, 5.41) is 1.87. The van der Waals surface area contributed by atoms with E-state index in [0.29, 0.717) is 22.4 Å². The van der Waals surface area contributed by atoms with E-state index in [1.165, 1.54) is 0 Å². The van der Waals surface area contributed by atoms with Crippen LogP contribution in [0.4, 0.5) is 17.5 Å². The van der Waals surface area contributed by atoms with Gasteiger partial charge in [-0.1, -0.05) is 29.3 Å². The van der Waals surface area contributed by atoms with E-state index in [1.807, 2.05) is 37.4 Å². The van der Waals surface area contributed by atoms with Gasteiger partial charge in [0.2, 0.25) is 5.95 Å². The summed E-state index contributed by atoms with van der Waals surface area (Å²) in [6.45, 7) is 0.679. The van der Waals surface area contributed by atoms with Gasteiger partial charge in [-0.15, -0.1) is 12.4 Å². The second-order valence-electron chi connectivity index (χ2n) is 5.27. The first kappa shape index (κ1) is 18.4. The van der Waals surface area contributed by atoms with Crippen molar-refractivity contribution in [2.24, 2.45) is 0 Å². The second kappa shape index (κ2) is 7.30. The third kappa shape index (κ3) is 3.75. The van der Waals surface area contributed by atoms with Crippen LogP contribution in [0.25, 0.3) is 10.9 Å². The summed E-state index contributed by atoms with van der Waals surface area (Å²) in [6, 6.07) is 11.4. The minimum atomic E-state index is 0. The van der Waals surface area contributed by atoms with Crippen LogP contribution in [0.1, 0.15) is 5.56 Å². The lowest BCUT2D eigenvalue weighted by Crippen LogP contribution is -2.16. The van der Waals surface area contributed by atoms with Crippen molar-refractivity contribution in [1.82, 2.24) is 9.97 Å². The lowest BCUT2D eigenvalue weighted by molar-refractivity contribution is 0.924. The topological polar surface area (TPSA) is 81.1 Å². The van der Waals surface area contributed by atoms with Crippen LogP contribution in [0.5, 0.6) is 0 Å². The highest BCUT2D eigenvalue weighted by Gasteiger charge is 2.08. The fourth-order valence-electron chi connectivity index (χ4n) is 2.40. The lowest BCUT2D eigenvalue weighted by atomic mass is 10.1. The Balaban J connectivity index is 0.00000208. The molecule has 126 valence electrons. The van der Waals surface area contributed by atoms with Crippen LogP contribution in [0.2, 0.25) is 10.0 Å². The summed E-state index contributed by atoms with van der Waals surface area (Å²) in [5.74, 6) is 0.546. The average Bonchev–Trinajstić information content (AvgIpc) is 2.50. The molecule has 2 aromatic carbocycles. The molecule has 8 heteroatoms. The number of nitrogens with two attached hydrogens (primary N) is 2. The van der Waals surface area contributed by atoms with Crippen molar-refractivity contribution in [3.8, 4) is 0 Å². The molecule has 0 spiro atoms. The molecule has 3 aromatic rings. The molecule has 0 amide bonds. The molecule has 0 aliphatic carbocycles. The smallest absolute Gasteiger partial charge is 0.222 e. The SMILES string of the molecule is CN(Cc1ccc(Cl)c(Cl)c1)c1ccc2nc(N)nc(N)c2c1.Cl. The first-order valence-corrected chi connectivity index (χ1v) is 7.67. The number of fused-ring (bicyclic) bond motifs is 1. The molecule has 0 atom stereocenters. The highest BCUT2D eigenvalue weighted by molar-refractivity contribution is 6.42. The van der Waals surface area contributed by atoms with E-state index in [1.54, 1.807) is 6.07 Å². The maximum Gasteiger partial charge on any atom is 0.222 e. The normalized spacial score (nSPS) is 10.5. The van der Waals surface area contributed by atoms with E-state index in [2.05, 4.69) is 14.9 Å². The van der Waals surface area contributed by atoms with Crippen molar-refractivity contribution in [2.75, 3.05) is 23.4 Å². The molecule has 0 saturated carbocycles. The summed E-state index contributed by atoms with van der Waals surface area (Å²) in [7, 11) is 1.98. The first-order chi connectivity index (χ1) is 10.9. The fourth-order valence-corrected chi connectivity index (χ4v) is 2.72. The monoisotopic (exact) mass is 383 g/mol.